The number of urea groups is 1. The highest BCUT2D eigenvalue weighted by molar-refractivity contribution is 9.10. The van der Waals surface area contributed by atoms with Gasteiger partial charge in [0.15, 0.2) is 5.82 Å². The van der Waals surface area contributed by atoms with Gasteiger partial charge in [-0.3, -0.25) is 5.32 Å². The number of rotatable bonds is 4. The molecule has 4 rings (SSSR count). The minimum Gasteiger partial charge on any atom is -0.324 e. The van der Waals surface area contributed by atoms with E-state index in [-0.39, 0.29) is 6.03 Å². The minimum absolute atomic E-state index is 0.0909. The Balaban J connectivity index is 1.27. The molecule has 24 heavy (non-hydrogen) atoms. The predicted molar refractivity (Wildman–Crippen MR) is 95.9 cm³/mol. The maximum Gasteiger partial charge on any atom is 0.323 e. The zero-order valence-corrected chi connectivity index (χ0v) is 14.9. The Labute approximate surface area is 149 Å². The van der Waals surface area contributed by atoms with E-state index in [9.17, 15) is 4.79 Å². The zero-order valence-electron chi connectivity index (χ0n) is 13.3. The number of aromatic nitrogens is 2. The van der Waals surface area contributed by atoms with Crippen molar-refractivity contribution in [3.63, 3.8) is 0 Å². The van der Waals surface area contributed by atoms with Gasteiger partial charge in [-0.15, -0.1) is 5.10 Å². The first kappa shape index (κ1) is 15.6. The summed E-state index contributed by atoms with van der Waals surface area (Å²) in [6.07, 6.45) is 3.39. The van der Waals surface area contributed by atoms with Crippen LogP contribution in [0.4, 0.5) is 10.6 Å². The second kappa shape index (κ2) is 6.51. The summed E-state index contributed by atoms with van der Waals surface area (Å²) < 4.78 is 1.14. The van der Waals surface area contributed by atoms with Crippen LogP contribution in [0.1, 0.15) is 30.0 Å². The van der Waals surface area contributed by atoms with E-state index in [4.69, 9.17) is 0 Å². The standard InChI is InChI=1S/C18H19BrN4O/c19-15-4-2-1-3-14(15)9-12-10-23(11-12)18(24)20-17-8-7-16(21-22-17)13-5-6-13/h1-4,7-8,12-13H,5-6,9-11H2,(H,20,22,24). The Morgan fingerprint density at radius 1 is 1.17 bits per heavy atom. The Morgan fingerprint density at radius 2 is 1.96 bits per heavy atom. The quantitative estimate of drug-likeness (QED) is 0.868. The molecule has 2 heterocycles. The molecule has 0 atom stereocenters. The fourth-order valence-corrected chi connectivity index (χ4v) is 3.48. The summed E-state index contributed by atoms with van der Waals surface area (Å²) in [6, 6.07) is 12.0. The van der Waals surface area contributed by atoms with Crippen LogP contribution in [-0.2, 0) is 6.42 Å². The van der Waals surface area contributed by atoms with E-state index in [1.54, 1.807) is 0 Å². The van der Waals surface area contributed by atoms with Crippen molar-refractivity contribution in [3.05, 3.63) is 52.1 Å². The number of benzene rings is 1. The summed E-state index contributed by atoms with van der Waals surface area (Å²) in [4.78, 5) is 14.0. The van der Waals surface area contributed by atoms with Crippen LogP contribution in [0.3, 0.4) is 0 Å². The van der Waals surface area contributed by atoms with Crippen LogP contribution in [0.5, 0.6) is 0 Å². The first-order valence-corrected chi connectivity index (χ1v) is 9.11. The molecule has 0 radical (unpaired) electrons. The summed E-state index contributed by atoms with van der Waals surface area (Å²) >= 11 is 3.58. The lowest BCUT2D eigenvalue weighted by Gasteiger charge is -2.39. The van der Waals surface area contributed by atoms with Gasteiger partial charge in [-0.05, 0) is 48.9 Å². The Morgan fingerprint density at radius 3 is 2.62 bits per heavy atom. The number of halogens is 1. The number of amides is 2. The Hall–Kier alpha value is -1.95. The second-order valence-electron chi connectivity index (χ2n) is 6.61. The number of nitrogens with zero attached hydrogens (tertiary/aromatic N) is 3. The van der Waals surface area contributed by atoms with Crippen molar-refractivity contribution in [1.29, 1.82) is 0 Å². The van der Waals surface area contributed by atoms with Gasteiger partial charge in [-0.1, -0.05) is 34.1 Å². The Bertz CT molecular complexity index is 739. The average Bonchev–Trinajstić information content (AvgIpc) is 3.37. The molecule has 1 aromatic heterocycles. The van der Waals surface area contributed by atoms with Crippen molar-refractivity contribution in [2.24, 2.45) is 5.92 Å². The van der Waals surface area contributed by atoms with E-state index in [0.717, 1.165) is 29.7 Å². The van der Waals surface area contributed by atoms with Crippen LogP contribution < -0.4 is 5.32 Å². The van der Waals surface area contributed by atoms with Crippen LogP contribution in [0.15, 0.2) is 40.9 Å². The van der Waals surface area contributed by atoms with E-state index in [1.165, 1.54) is 18.4 Å². The monoisotopic (exact) mass is 386 g/mol. The molecule has 5 nitrogen and oxygen atoms in total. The molecule has 1 saturated carbocycles. The lowest BCUT2D eigenvalue weighted by Crippen LogP contribution is -2.52. The van der Waals surface area contributed by atoms with E-state index in [0.29, 0.717) is 17.7 Å². The molecule has 1 aliphatic heterocycles. The normalized spacial score (nSPS) is 17.5. The molecule has 1 N–H and O–H groups in total. The third-order valence-electron chi connectivity index (χ3n) is 4.63. The van der Waals surface area contributed by atoms with Crippen molar-refractivity contribution >= 4 is 27.8 Å². The molecular weight excluding hydrogens is 368 g/mol. The molecule has 6 heteroatoms. The largest absolute Gasteiger partial charge is 0.324 e. The highest BCUT2D eigenvalue weighted by atomic mass is 79.9. The van der Waals surface area contributed by atoms with Crippen molar-refractivity contribution in [3.8, 4) is 0 Å². The maximum atomic E-state index is 12.2. The third kappa shape index (κ3) is 3.43. The highest BCUT2D eigenvalue weighted by Crippen LogP contribution is 2.38. The zero-order chi connectivity index (χ0) is 16.5. The molecular formula is C18H19BrN4O. The van der Waals surface area contributed by atoms with Crippen molar-refractivity contribution in [2.45, 2.75) is 25.2 Å². The fourth-order valence-electron chi connectivity index (χ4n) is 3.03. The molecule has 0 unspecified atom stereocenters. The SMILES string of the molecule is O=C(Nc1ccc(C2CC2)nn1)N1CC(Cc2ccccc2Br)C1. The summed E-state index contributed by atoms with van der Waals surface area (Å²) in [5.74, 6) is 1.62. The fraction of sp³-hybridized carbons (Fsp3) is 0.389. The number of hydrogen-bond acceptors (Lipinski definition) is 3. The van der Waals surface area contributed by atoms with Gasteiger partial charge < -0.3 is 4.90 Å². The smallest absolute Gasteiger partial charge is 0.323 e. The number of anilines is 1. The van der Waals surface area contributed by atoms with Gasteiger partial charge in [0.05, 0.1) is 5.69 Å². The number of carbonyl (C=O) groups excluding carboxylic acids is 1. The number of likely N-dealkylation sites (tertiary alicyclic amines) is 1. The summed E-state index contributed by atoms with van der Waals surface area (Å²) in [5.41, 5.74) is 2.33. The molecule has 0 bridgehead atoms. The first-order chi connectivity index (χ1) is 11.7. The van der Waals surface area contributed by atoms with Crippen molar-refractivity contribution in [1.82, 2.24) is 15.1 Å². The van der Waals surface area contributed by atoms with Crippen molar-refractivity contribution < 1.29 is 4.79 Å². The summed E-state index contributed by atoms with van der Waals surface area (Å²) in [7, 11) is 0. The topological polar surface area (TPSA) is 58.1 Å². The maximum absolute atomic E-state index is 12.2. The Kier molecular flexibility index (Phi) is 4.22. The van der Waals surface area contributed by atoms with Gasteiger partial charge >= 0.3 is 6.03 Å². The van der Waals surface area contributed by atoms with E-state index >= 15 is 0 Å². The summed E-state index contributed by atoms with van der Waals surface area (Å²) in [5, 5.41) is 11.1. The van der Waals surface area contributed by atoms with Crippen LogP contribution in [0.2, 0.25) is 0 Å². The lowest BCUT2D eigenvalue weighted by molar-refractivity contribution is 0.131. The van der Waals surface area contributed by atoms with Crippen LogP contribution in [0.25, 0.3) is 0 Å². The van der Waals surface area contributed by atoms with E-state index in [2.05, 4.69) is 43.6 Å². The number of hydrogen-bond donors (Lipinski definition) is 1. The van der Waals surface area contributed by atoms with Crippen LogP contribution >= 0.6 is 15.9 Å². The molecule has 0 spiro atoms. The molecule has 1 aromatic carbocycles. The van der Waals surface area contributed by atoms with E-state index < -0.39 is 0 Å². The predicted octanol–water partition coefficient (Wildman–Crippen LogP) is 3.82. The highest BCUT2D eigenvalue weighted by Gasteiger charge is 2.31. The third-order valence-corrected chi connectivity index (χ3v) is 5.40. The van der Waals surface area contributed by atoms with Gasteiger partial charge in [-0.25, -0.2) is 4.79 Å². The van der Waals surface area contributed by atoms with Gasteiger partial charge in [0.2, 0.25) is 0 Å². The average molecular weight is 387 g/mol. The molecule has 2 aromatic rings. The first-order valence-electron chi connectivity index (χ1n) is 8.32. The molecule has 1 saturated heterocycles. The molecule has 2 fully saturated rings. The van der Waals surface area contributed by atoms with Gasteiger partial charge in [0.25, 0.3) is 0 Å². The summed E-state index contributed by atoms with van der Waals surface area (Å²) in [6.45, 7) is 1.56. The van der Waals surface area contributed by atoms with Crippen LogP contribution in [-0.4, -0.2) is 34.2 Å². The van der Waals surface area contributed by atoms with Crippen LogP contribution in [0, 0.1) is 5.92 Å². The molecule has 2 aliphatic rings. The molecule has 2 amide bonds. The number of carbonyl (C=O) groups is 1. The lowest BCUT2D eigenvalue weighted by atomic mass is 9.92. The van der Waals surface area contributed by atoms with Gasteiger partial charge in [0.1, 0.15) is 0 Å². The molecule has 124 valence electrons. The minimum atomic E-state index is -0.0909. The van der Waals surface area contributed by atoms with E-state index in [1.807, 2.05) is 29.2 Å². The second-order valence-corrected chi connectivity index (χ2v) is 7.47. The molecule has 1 aliphatic carbocycles. The van der Waals surface area contributed by atoms with Crippen molar-refractivity contribution in [2.75, 3.05) is 18.4 Å². The number of nitrogens with one attached hydrogen (secondary N) is 1. The van der Waals surface area contributed by atoms with Gasteiger partial charge in [-0.2, -0.15) is 5.10 Å². The van der Waals surface area contributed by atoms with Gasteiger partial charge in [0, 0.05) is 23.5 Å².